The van der Waals surface area contributed by atoms with Crippen molar-refractivity contribution in [2.45, 2.75) is 70.2 Å². The van der Waals surface area contributed by atoms with Gasteiger partial charge in [0.25, 0.3) is 0 Å². The Labute approximate surface area is 220 Å². The van der Waals surface area contributed by atoms with Crippen LogP contribution in [0, 0.1) is 11.6 Å². The summed E-state index contributed by atoms with van der Waals surface area (Å²) in [5.41, 5.74) is 4.08. The number of likely N-dealkylation sites (tertiary alicyclic amines) is 1. The summed E-state index contributed by atoms with van der Waals surface area (Å²) in [6.45, 7) is 9.39. The fourth-order valence-electron chi connectivity index (χ4n) is 4.97. The molecule has 4 rings (SSSR count). The summed E-state index contributed by atoms with van der Waals surface area (Å²) in [7, 11) is 0. The second-order valence-corrected chi connectivity index (χ2v) is 11.2. The van der Waals surface area contributed by atoms with Crippen LogP contribution in [0.25, 0.3) is 0 Å². The molecule has 1 saturated heterocycles. The highest BCUT2D eigenvalue weighted by atomic mass is 19.1. The Hall–Kier alpha value is -2.60. The number of aliphatic hydroxyl groups excluding tert-OH is 1. The molecule has 3 aromatic rings. The van der Waals surface area contributed by atoms with E-state index in [1.807, 2.05) is 12.1 Å². The standard InChI is InChI=1S/C32H39F2NO2/c1-32(2,3)26-12-6-23(7-13-26)30(36)5-4-20-35-21-18-29(19-22-35)37-31(24-8-14-27(33)15-9-24)25-10-16-28(34)17-11-25/h6-17,29-31,36H,4-5,18-22H2,1-3H3. The van der Waals surface area contributed by atoms with Crippen LogP contribution >= 0.6 is 0 Å². The van der Waals surface area contributed by atoms with Crippen molar-refractivity contribution in [1.82, 2.24) is 4.90 Å². The Kier molecular flexibility index (Phi) is 9.12. The maximum atomic E-state index is 13.5. The van der Waals surface area contributed by atoms with Crippen LogP contribution in [0.3, 0.4) is 0 Å². The van der Waals surface area contributed by atoms with Gasteiger partial charge in [-0.2, -0.15) is 0 Å². The molecule has 1 aliphatic rings. The van der Waals surface area contributed by atoms with Crippen molar-refractivity contribution in [3.63, 3.8) is 0 Å². The van der Waals surface area contributed by atoms with E-state index in [9.17, 15) is 13.9 Å². The topological polar surface area (TPSA) is 32.7 Å². The Balaban J connectivity index is 1.26. The average molecular weight is 508 g/mol. The van der Waals surface area contributed by atoms with Crippen molar-refractivity contribution in [2.24, 2.45) is 0 Å². The maximum Gasteiger partial charge on any atom is 0.123 e. The molecule has 3 nitrogen and oxygen atoms in total. The number of rotatable bonds is 9. The molecular weight excluding hydrogens is 468 g/mol. The highest BCUT2D eigenvalue weighted by Gasteiger charge is 2.25. The molecule has 0 radical (unpaired) electrons. The molecule has 0 spiro atoms. The minimum atomic E-state index is -0.443. The zero-order valence-electron chi connectivity index (χ0n) is 22.2. The number of benzene rings is 3. The fourth-order valence-corrected chi connectivity index (χ4v) is 4.97. The van der Waals surface area contributed by atoms with Crippen LogP contribution in [-0.4, -0.2) is 35.7 Å². The first kappa shape index (κ1) is 27.4. The van der Waals surface area contributed by atoms with Crippen LogP contribution in [0.4, 0.5) is 8.78 Å². The van der Waals surface area contributed by atoms with Crippen LogP contribution in [0.1, 0.15) is 80.9 Å². The molecular formula is C32H39F2NO2. The highest BCUT2D eigenvalue weighted by molar-refractivity contribution is 5.31. The van der Waals surface area contributed by atoms with Gasteiger partial charge in [-0.1, -0.05) is 69.3 Å². The summed E-state index contributed by atoms with van der Waals surface area (Å²) in [5, 5.41) is 10.7. The molecule has 1 atom stereocenters. The zero-order valence-corrected chi connectivity index (χ0v) is 22.2. The van der Waals surface area contributed by atoms with Gasteiger partial charge in [-0.3, -0.25) is 0 Å². The van der Waals surface area contributed by atoms with Crippen molar-refractivity contribution in [1.29, 1.82) is 0 Å². The number of hydrogen-bond acceptors (Lipinski definition) is 3. The number of piperidine rings is 1. The van der Waals surface area contributed by atoms with Gasteiger partial charge in [0.15, 0.2) is 0 Å². The van der Waals surface area contributed by atoms with E-state index in [0.29, 0.717) is 0 Å². The molecule has 1 fully saturated rings. The highest BCUT2D eigenvalue weighted by Crippen LogP contribution is 2.31. The molecule has 0 amide bonds. The second-order valence-electron chi connectivity index (χ2n) is 11.2. The Morgan fingerprint density at radius 2 is 1.30 bits per heavy atom. The van der Waals surface area contributed by atoms with E-state index in [0.717, 1.165) is 62.0 Å². The van der Waals surface area contributed by atoms with E-state index < -0.39 is 6.10 Å². The first-order valence-corrected chi connectivity index (χ1v) is 13.4. The van der Waals surface area contributed by atoms with Gasteiger partial charge in [-0.15, -0.1) is 0 Å². The molecule has 1 unspecified atom stereocenters. The number of ether oxygens (including phenoxy) is 1. The molecule has 1 N–H and O–H groups in total. The zero-order chi connectivity index (χ0) is 26.4. The predicted octanol–water partition coefficient (Wildman–Crippen LogP) is 7.35. The van der Waals surface area contributed by atoms with Crippen LogP contribution in [-0.2, 0) is 10.2 Å². The fraction of sp³-hybridized carbons (Fsp3) is 0.438. The lowest BCUT2D eigenvalue weighted by molar-refractivity contribution is -0.0274. The lowest BCUT2D eigenvalue weighted by Crippen LogP contribution is -2.38. The summed E-state index contributed by atoms with van der Waals surface area (Å²) >= 11 is 0. The summed E-state index contributed by atoms with van der Waals surface area (Å²) in [6.07, 6.45) is 2.73. The molecule has 0 aromatic heterocycles. The molecule has 1 aliphatic heterocycles. The number of aliphatic hydroxyl groups is 1. The van der Waals surface area contributed by atoms with Gasteiger partial charge < -0.3 is 14.7 Å². The first-order valence-electron chi connectivity index (χ1n) is 13.4. The van der Waals surface area contributed by atoms with Gasteiger partial charge in [-0.05, 0) is 84.2 Å². The van der Waals surface area contributed by atoms with E-state index >= 15 is 0 Å². The molecule has 198 valence electrons. The van der Waals surface area contributed by atoms with Gasteiger partial charge in [0.2, 0.25) is 0 Å². The van der Waals surface area contributed by atoms with Gasteiger partial charge in [0, 0.05) is 13.1 Å². The normalized spacial score (nSPS) is 16.3. The predicted molar refractivity (Wildman–Crippen MR) is 145 cm³/mol. The Morgan fingerprint density at radius 3 is 1.78 bits per heavy atom. The summed E-state index contributed by atoms with van der Waals surface area (Å²) in [5.74, 6) is -0.580. The summed E-state index contributed by atoms with van der Waals surface area (Å²) < 4.78 is 33.5. The van der Waals surface area contributed by atoms with Gasteiger partial charge >= 0.3 is 0 Å². The molecule has 5 heteroatoms. The number of halogens is 2. The lowest BCUT2D eigenvalue weighted by atomic mass is 9.86. The van der Waals surface area contributed by atoms with Crippen LogP contribution in [0.5, 0.6) is 0 Å². The van der Waals surface area contributed by atoms with Gasteiger partial charge in [0.1, 0.15) is 17.7 Å². The van der Waals surface area contributed by atoms with Crippen molar-refractivity contribution in [2.75, 3.05) is 19.6 Å². The molecule has 0 aliphatic carbocycles. The van der Waals surface area contributed by atoms with E-state index in [-0.39, 0.29) is 29.3 Å². The largest absolute Gasteiger partial charge is 0.388 e. The van der Waals surface area contributed by atoms with E-state index in [4.69, 9.17) is 4.74 Å². The summed E-state index contributed by atoms with van der Waals surface area (Å²) in [6, 6.07) is 21.0. The average Bonchev–Trinajstić information content (AvgIpc) is 2.89. The molecule has 1 heterocycles. The monoisotopic (exact) mass is 507 g/mol. The van der Waals surface area contributed by atoms with E-state index in [1.54, 1.807) is 24.3 Å². The lowest BCUT2D eigenvalue weighted by Gasteiger charge is -2.34. The van der Waals surface area contributed by atoms with Gasteiger partial charge in [-0.25, -0.2) is 8.78 Å². The maximum absolute atomic E-state index is 13.5. The smallest absolute Gasteiger partial charge is 0.123 e. The molecule has 37 heavy (non-hydrogen) atoms. The van der Waals surface area contributed by atoms with Gasteiger partial charge in [0.05, 0.1) is 12.2 Å². The quantitative estimate of drug-likeness (QED) is 0.329. The van der Waals surface area contributed by atoms with E-state index in [1.165, 1.54) is 29.8 Å². The molecule has 0 bridgehead atoms. The SMILES string of the molecule is CC(C)(C)c1ccc(C(O)CCCN2CCC(OC(c3ccc(F)cc3)c3ccc(F)cc3)CC2)cc1. The van der Waals surface area contributed by atoms with E-state index in [2.05, 4.69) is 37.8 Å². The Bertz CT molecular complexity index is 1050. The van der Waals surface area contributed by atoms with Crippen molar-refractivity contribution in [3.8, 4) is 0 Å². The minimum absolute atomic E-state index is 0.0725. The van der Waals surface area contributed by atoms with Crippen molar-refractivity contribution < 1.29 is 18.6 Å². The van der Waals surface area contributed by atoms with Crippen LogP contribution < -0.4 is 0 Å². The second kappa shape index (κ2) is 12.3. The van der Waals surface area contributed by atoms with Crippen LogP contribution in [0.15, 0.2) is 72.8 Å². The minimum Gasteiger partial charge on any atom is -0.388 e. The Morgan fingerprint density at radius 1 is 0.811 bits per heavy atom. The summed E-state index contributed by atoms with van der Waals surface area (Å²) in [4.78, 5) is 2.43. The third kappa shape index (κ3) is 7.70. The van der Waals surface area contributed by atoms with Crippen molar-refractivity contribution >= 4 is 0 Å². The molecule has 0 saturated carbocycles. The third-order valence-electron chi connectivity index (χ3n) is 7.32. The third-order valence-corrected chi connectivity index (χ3v) is 7.32. The van der Waals surface area contributed by atoms with Crippen LogP contribution in [0.2, 0.25) is 0 Å². The first-order chi connectivity index (χ1) is 17.7. The number of nitrogens with zero attached hydrogens (tertiary/aromatic N) is 1. The molecule has 3 aromatic carbocycles. The van der Waals surface area contributed by atoms with Crippen molar-refractivity contribution in [3.05, 3.63) is 107 Å². The number of hydrogen-bond donors (Lipinski definition) is 1.